The quantitative estimate of drug-likeness (QED) is 0.707. The number of aryl methyl sites for hydroxylation is 1. The molecule has 2 heterocycles. The van der Waals surface area contributed by atoms with Crippen molar-refractivity contribution in [1.82, 2.24) is 0 Å². The number of hydrogen-bond donors (Lipinski definition) is 0. The highest BCUT2D eigenvalue weighted by atomic mass is 35.5. The molecular weight excluding hydrogens is 435 g/mol. The number of aliphatic imine (C=N–C) groups is 1. The van der Waals surface area contributed by atoms with Crippen molar-refractivity contribution in [3.05, 3.63) is 64.9 Å². The number of amides is 1. The molecule has 0 radical (unpaired) electrons. The molecule has 1 amide bonds. The smallest absolute Gasteiger partial charge is 0.248 e. The summed E-state index contributed by atoms with van der Waals surface area (Å²) in [4.78, 5) is 18.4. The van der Waals surface area contributed by atoms with Gasteiger partial charge in [0.05, 0.1) is 22.6 Å². The SMILES string of the molecule is O=C(CCc1ccccc1)N=C1S[C@@H]2CS(=O)(=O)C[C@H]2N1c1ccc(Cl)c(F)c1. The fourth-order valence-electron chi connectivity index (χ4n) is 3.56. The Morgan fingerprint density at radius 2 is 1.97 bits per heavy atom. The topological polar surface area (TPSA) is 66.8 Å². The van der Waals surface area contributed by atoms with Gasteiger partial charge in [0.25, 0.3) is 0 Å². The molecule has 152 valence electrons. The van der Waals surface area contributed by atoms with Gasteiger partial charge in [-0.2, -0.15) is 4.99 Å². The Balaban J connectivity index is 1.59. The van der Waals surface area contributed by atoms with Gasteiger partial charge in [-0.3, -0.25) is 4.79 Å². The number of thioether (sulfide) groups is 1. The number of rotatable bonds is 4. The predicted molar refractivity (Wildman–Crippen MR) is 115 cm³/mol. The van der Waals surface area contributed by atoms with Gasteiger partial charge in [0.2, 0.25) is 5.91 Å². The number of halogens is 2. The highest BCUT2D eigenvalue weighted by Crippen LogP contribution is 2.41. The van der Waals surface area contributed by atoms with E-state index in [0.29, 0.717) is 17.3 Å². The van der Waals surface area contributed by atoms with Gasteiger partial charge in [0, 0.05) is 17.4 Å². The van der Waals surface area contributed by atoms with Gasteiger partial charge in [-0.25, -0.2) is 12.8 Å². The number of amidine groups is 1. The molecule has 4 rings (SSSR count). The fraction of sp³-hybridized carbons (Fsp3) is 0.300. The van der Waals surface area contributed by atoms with E-state index in [9.17, 15) is 17.6 Å². The second-order valence-electron chi connectivity index (χ2n) is 7.04. The predicted octanol–water partition coefficient (Wildman–Crippen LogP) is 3.71. The van der Waals surface area contributed by atoms with Gasteiger partial charge < -0.3 is 4.90 Å². The average Bonchev–Trinajstić information content (AvgIpc) is 3.14. The van der Waals surface area contributed by atoms with Crippen LogP contribution in [0.5, 0.6) is 0 Å². The highest BCUT2D eigenvalue weighted by Gasteiger charge is 2.49. The maximum Gasteiger partial charge on any atom is 0.248 e. The number of benzene rings is 2. The monoisotopic (exact) mass is 452 g/mol. The van der Waals surface area contributed by atoms with Crippen molar-refractivity contribution in [2.24, 2.45) is 4.99 Å². The summed E-state index contributed by atoms with van der Waals surface area (Å²) < 4.78 is 38.2. The maximum absolute atomic E-state index is 14.0. The summed E-state index contributed by atoms with van der Waals surface area (Å²) in [5.41, 5.74) is 1.48. The first-order chi connectivity index (χ1) is 13.8. The molecule has 2 saturated heterocycles. The molecule has 2 aliphatic heterocycles. The van der Waals surface area contributed by atoms with Crippen LogP contribution < -0.4 is 4.90 Å². The van der Waals surface area contributed by atoms with Gasteiger partial charge in [-0.1, -0.05) is 53.7 Å². The van der Waals surface area contributed by atoms with Gasteiger partial charge in [0.15, 0.2) is 15.0 Å². The molecule has 0 saturated carbocycles. The maximum atomic E-state index is 14.0. The molecule has 0 unspecified atom stereocenters. The molecule has 9 heteroatoms. The van der Waals surface area contributed by atoms with E-state index >= 15 is 0 Å². The Hall–Kier alpha value is -1.90. The molecule has 2 aromatic rings. The summed E-state index contributed by atoms with van der Waals surface area (Å²) in [7, 11) is -3.19. The summed E-state index contributed by atoms with van der Waals surface area (Å²) in [6.45, 7) is 0. The largest absolute Gasteiger partial charge is 0.315 e. The average molecular weight is 453 g/mol. The van der Waals surface area contributed by atoms with Gasteiger partial charge >= 0.3 is 0 Å². The van der Waals surface area contributed by atoms with Crippen molar-refractivity contribution in [1.29, 1.82) is 0 Å². The van der Waals surface area contributed by atoms with Gasteiger partial charge in [-0.15, -0.1) is 0 Å². The molecule has 0 N–H and O–H groups in total. The lowest BCUT2D eigenvalue weighted by atomic mass is 10.1. The minimum absolute atomic E-state index is 0.0198. The zero-order valence-corrected chi connectivity index (χ0v) is 17.7. The number of nitrogens with zero attached hydrogens (tertiary/aromatic N) is 2. The molecule has 2 atom stereocenters. The minimum atomic E-state index is -3.19. The number of fused-ring (bicyclic) bond motifs is 1. The van der Waals surface area contributed by atoms with Crippen LogP contribution in [0.15, 0.2) is 53.5 Å². The van der Waals surface area contributed by atoms with Crippen LogP contribution in [0.1, 0.15) is 12.0 Å². The minimum Gasteiger partial charge on any atom is -0.315 e. The summed E-state index contributed by atoms with van der Waals surface area (Å²) >= 11 is 7.05. The molecule has 0 spiro atoms. The van der Waals surface area contributed by atoms with Crippen LogP contribution in [0, 0.1) is 5.82 Å². The van der Waals surface area contributed by atoms with E-state index in [0.717, 1.165) is 5.56 Å². The van der Waals surface area contributed by atoms with Crippen LogP contribution in [-0.2, 0) is 21.1 Å². The Bertz CT molecular complexity index is 1080. The van der Waals surface area contributed by atoms with E-state index in [2.05, 4.69) is 4.99 Å². The van der Waals surface area contributed by atoms with Crippen molar-refractivity contribution >= 4 is 50.0 Å². The van der Waals surface area contributed by atoms with Crippen molar-refractivity contribution in [2.75, 3.05) is 16.4 Å². The lowest BCUT2D eigenvalue weighted by molar-refractivity contribution is -0.117. The zero-order valence-electron chi connectivity index (χ0n) is 15.3. The normalized spacial score (nSPS) is 24.1. The Morgan fingerprint density at radius 3 is 2.69 bits per heavy atom. The van der Waals surface area contributed by atoms with E-state index in [-0.39, 0.29) is 40.1 Å². The van der Waals surface area contributed by atoms with Crippen LogP contribution in [0.25, 0.3) is 0 Å². The molecule has 29 heavy (non-hydrogen) atoms. The first kappa shape index (κ1) is 20.4. The summed E-state index contributed by atoms with van der Waals surface area (Å²) in [6, 6.07) is 13.5. The lowest BCUT2D eigenvalue weighted by Gasteiger charge is -2.24. The van der Waals surface area contributed by atoms with Crippen LogP contribution in [0.3, 0.4) is 0 Å². The second kappa shape index (κ2) is 8.08. The van der Waals surface area contributed by atoms with Gasteiger partial charge in [-0.05, 0) is 30.2 Å². The molecular formula is C20H18ClFN2O3S2. The van der Waals surface area contributed by atoms with E-state index in [1.165, 1.54) is 23.9 Å². The first-order valence-electron chi connectivity index (χ1n) is 9.09. The number of carbonyl (C=O) groups is 1. The summed E-state index contributed by atoms with van der Waals surface area (Å²) in [5.74, 6) is -0.926. The number of anilines is 1. The third-order valence-corrected chi connectivity index (χ3v) is 8.45. The van der Waals surface area contributed by atoms with Crippen LogP contribution in [0.2, 0.25) is 5.02 Å². The third kappa shape index (κ3) is 4.49. The Kier molecular flexibility index (Phi) is 5.68. The standard InChI is InChI=1S/C20H18ClFN2O3S2/c21-15-8-7-14(10-16(15)22)24-17-11-29(26,27)12-18(17)28-20(24)23-19(25)9-6-13-4-2-1-3-5-13/h1-5,7-8,10,17-18H,6,9,11-12H2/t17-,18-/m1/s1. The van der Waals surface area contributed by atoms with Crippen LogP contribution in [0.4, 0.5) is 10.1 Å². The number of hydrogen-bond acceptors (Lipinski definition) is 4. The highest BCUT2D eigenvalue weighted by molar-refractivity contribution is 8.16. The molecule has 0 aromatic heterocycles. The Morgan fingerprint density at radius 1 is 1.21 bits per heavy atom. The fourth-order valence-corrected chi connectivity index (χ4v) is 7.61. The molecule has 0 bridgehead atoms. The van der Waals surface area contributed by atoms with E-state index < -0.39 is 15.7 Å². The van der Waals surface area contributed by atoms with E-state index in [4.69, 9.17) is 11.6 Å². The molecule has 0 aliphatic carbocycles. The van der Waals surface area contributed by atoms with Crippen LogP contribution in [-0.4, -0.2) is 42.3 Å². The first-order valence-corrected chi connectivity index (χ1v) is 12.2. The zero-order chi connectivity index (χ0) is 20.6. The van der Waals surface area contributed by atoms with E-state index in [1.807, 2.05) is 30.3 Å². The lowest BCUT2D eigenvalue weighted by Crippen LogP contribution is -2.37. The number of sulfone groups is 1. The molecule has 5 nitrogen and oxygen atoms in total. The Labute approximate surface area is 177 Å². The molecule has 2 fully saturated rings. The molecule has 2 aromatic carbocycles. The summed E-state index contributed by atoms with van der Waals surface area (Å²) in [6.07, 6.45) is 0.808. The number of carbonyl (C=O) groups excluding carboxylic acids is 1. The van der Waals surface area contributed by atoms with Crippen molar-refractivity contribution in [3.63, 3.8) is 0 Å². The summed E-state index contributed by atoms with van der Waals surface area (Å²) in [5, 5.41) is 0.155. The van der Waals surface area contributed by atoms with Gasteiger partial charge in [0.1, 0.15) is 5.82 Å². The molecule has 2 aliphatic rings. The van der Waals surface area contributed by atoms with Crippen LogP contribution >= 0.6 is 23.4 Å². The van der Waals surface area contributed by atoms with E-state index in [1.54, 1.807) is 11.0 Å². The second-order valence-corrected chi connectivity index (χ2v) is 10.8. The van der Waals surface area contributed by atoms with Crippen molar-refractivity contribution in [2.45, 2.75) is 24.1 Å². The third-order valence-electron chi connectivity index (χ3n) is 4.94. The van der Waals surface area contributed by atoms with Crippen molar-refractivity contribution < 1.29 is 17.6 Å². The van der Waals surface area contributed by atoms with Crippen molar-refractivity contribution in [3.8, 4) is 0 Å².